The van der Waals surface area contributed by atoms with Crippen LogP contribution in [0, 0.1) is 10.8 Å². The molecule has 1 atom stereocenters. The summed E-state index contributed by atoms with van der Waals surface area (Å²) in [6, 6.07) is 50.1. The van der Waals surface area contributed by atoms with Gasteiger partial charge in [-0.25, -0.2) is 9.98 Å². The van der Waals surface area contributed by atoms with Gasteiger partial charge in [-0.15, -0.1) is 0 Å². The summed E-state index contributed by atoms with van der Waals surface area (Å²) in [5.41, 5.74) is 16.2. The molecule has 2 aliphatic heterocycles. The van der Waals surface area contributed by atoms with Crippen molar-refractivity contribution in [1.29, 1.82) is 0 Å². The molecule has 1 unspecified atom stereocenters. The summed E-state index contributed by atoms with van der Waals surface area (Å²) in [7, 11) is 0. The molecule has 58 heavy (non-hydrogen) atoms. The molecule has 5 aromatic rings. The first-order valence-electron chi connectivity index (χ1n) is 20.8. The Bertz CT molecular complexity index is 2980. The Balaban J connectivity index is 1.14. The zero-order valence-corrected chi connectivity index (χ0v) is 33.8. The minimum atomic E-state index is -0.263. The molecular weight excluding hydrogens is 701 g/mol. The summed E-state index contributed by atoms with van der Waals surface area (Å²) >= 11 is 0. The van der Waals surface area contributed by atoms with Crippen LogP contribution in [0.4, 0.5) is 0 Å². The molecule has 0 radical (unpaired) electrons. The molecule has 0 fully saturated rings. The molecule has 282 valence electrons. The van der Waals surface area contributed by atoms with Gasteiger partial charge < -0.3 is 0 Å². The maximum absolute atomic E-state index is 5.17. The first-order chi connectivity index (χ1) is 28.3. The molecule has 0 amide bonds. The number of fused-ring (bicyclic) bond motifs is 4. The summed E-state index contributed by atoms with van der Waals surface area (Å²) < 4.78 is 0. The highest BCUT2D eigenvalue weighted by Gasteiger charge is 2.41. The van der Waals surface area contributed by atoms with Gasteiger partial charge in [0.2, 0.25) is 0 Å². The third-order valence-corrected chi connectivity index (χ3v) is 13.0. The lowest BCUT2D eigenvalue weighted by molar-refractivity contribution is 0.551. The van der Waals surface area contributed by atoms with Crippen molar-refractivity contribution < 1.29 is 0 Å². The van der Waals surface area contributed by atoms with E-state index in [2.05, 4.69) is 204 Å². The lowest BCUT2D eigenvalue weighted by Crippen LogP contribution is -2.32. The van der Waals surface area contributed by atoms with Crippen LogP contribution < -0.4 is 21.2 Å². The highest BCUT2D eigenvalue weighted by atomic mass is 14.8. The molecule has 0 saturated carbocycles. The Hall–Kier alpha value is -6.38. The molecule has 2 heteroatoms. The van der Waals surface area contributed by atoms with Crippen LogP contribution in [0.5, 0.6) is 0 Å². The van der Waals surface area contributed by atoms with Gasteiger partial charge in [0.25, 0.3) is 0 Å². The van der Waals surface area contributed by atoms with Gasteiger partial charge in [0.15, 0.2) is 0 Å². The highest BCUT2D eigenvalue weighted by molar-refractivity contribution is 5.92. The van der Waals surface area contributed by atoms with Crippen molar-refractivity contribution in [3.8, 4) is 0 Å². The van der Waals surface area contributed by atoms with E-state index < -0.39 is 0 Å². The second kappa shape index (κ2) is 14.2. The van der Waals surface area contributed by atoms with E-state index >= 15 is 0 Å². The average Bonchev–Trinajstić information content (AvgIpc) is 3.83. The third-order valence-electron chi connectivity index (χ3n) is 13.0. The van der Waals surface area contributed by atoms with Crippen LogP contribution in [0.3, 0.4) is 0 Å². The van der Waals surface area contributed by atoms with Crippen LogP contribution in [0.15, 0.2) is 220 Å². The fourth-order valence-corrected chi connectivity index (χ4v) is 10.2. The van der Waals surface area contributed by atoms with Gasteiger partial charge in [0.1, 0.15) is 0 Å². The monoisotopic (exact) mass is 748 g/mol. The fraction of sp³-hybridized carbons (Fsp3) is 0.179. The van der Waals surface area contributed by atoms with Crippen molar-refractivity contribution in [1.82, 2.24) is 0 Å². The number of hydrogen-bond donors (Lipinski definition) is 0. The van der Waals surface area contributed by atoms with Crippen LogP contribution in [0.2, 0.25) is 0 Å². The van der Waals surface area contributed by atoms with E-state index in [0.29, 0.717) is 0 Å². The normalized spacial score (nSPS) is 21.6. The number of para-hydroxylation sites is 2. The van der Waals surface area contributed by atoms with Crippen molar-refractivity contribution in [3.05, 3.63) is 248 Å². The Labute approximate surface area is 342 Å². The SMILES string of the molecule is CC1(C)C(=CC=C2CCCC(C=CC3=C(c4ccccc4)C=C4N=c5ccccc5=C4C3(C)C)=C2c2ccccc2)C(c2ccccc2)C=C2N=c3ccccc3=C21. The van der Waals surface area contributed by atoms with Crippen molar-refractivity contribution in [2.75, 3.05) is 0 Å². The highest BCUT2D eigenvalue weighted by Crippen LogP contribution is 2.53. The van der Waals surface area contributed by atoms with E-state index in [9.17, 15) is 0 Å². The Kier molecular flexibility index (Phi) is 8.82. The van der Waals surface area contributed by atoms with Crippen molar-refractivity contribution >= 4 is 22.3 Å². The molecule has 2 heterocycles. The van der Waals surface area contributed by atoms with Gasteiger partial charge in [-0.3, -0.25) is 0 Å². The van der Waals surface area contributed by atoms with Crippen LogP contribution >= 0.6 is 0 Å². The number of allylic oxidation sites excluding steroid dienone is 14. The zero-order valence-electron chi connectivity index (χ0n) is 33.8. The van der Waals surface area contributed by atoms with Gasteiger partial charge in [-0.05, 0) is 105 Å². The Morgan fingerprint density at radius 2 is 1.12 bits per heavy atom. The minimum absolute atomic E-state index is 0.122. The molecule has 0 bridgehead atoms. The first-order valence-corrected chi connectivity index (χ1v) is 20.8. The van der Waals surface area contributed by atoms with E-state index in [0.717, 1.165) is 41.4 Å². The largest absolute Gasteiger partial charge is 0.248 e. The third kappa shape index (κ3) is 6.02. The van der Waals surface area contributed by atoms with Gasteiger partial charge in [-0.1, -0.05) is 179 Å². The van der Waals surface area contributed by atoms with Gasteiger partial charge in [0.05, 0.1) is 22.1 Å². The predicted octanol–water partition coefficient (Wildman–Crippen LogP) is 11.1. The second-order valence-electron chi connectivity index (χ2n) is 17.2. The fourth-order valence-electron chi connectivity index (χ4n) is 10.2. The van der Waals surface area contributed by atoms with Gasteiger partial charge >= 0.3 is 0 Å². The molecule has 3 aliphatic carbocycles. The maximum Gasteiger partial charge on any atom is 0.0713 e. The summed E-state index contributed by atoms with van der Waals surface area (Å²) in [5.74, 6) is 0.122. The van der Waals surface area contributed by atoms with E-state index in [1.807, 2.05) is 0 Å². The second-order valence-corrected chi connectivity index (χ2v) is 17.2. The average molecular weight is 749 g/mol. The van der Waals surface area contributed by atoms with E-state index in [-0.39, 0.29) is 16.7 Å². The maximum atomic E-state index is 5.17. The summed E-state index contributed by atoms with van der Waals surface area (Å²) in [4.78, 5) is 10.3. The summed E-state index contributed by atoms with van der Waals surface area (Å²) in [6.45, 7) is 9.55. The molecule has 0 N–H and O–H groups in total. The molecular formula is C56H48N2. The van der Waals surface area contributed by atoms with Crippen molar-refractivity contribution in [2.24, 2.45) is 20.8 Å². The minimum Gasteiger partial charge on any atom is -0.248 e. The van der Waals surface area contributed by atoms with Gasteiger partial charge in [0, 0.05) is 27.2 Å². The van der Waals surface area contributed by atoms with E-state index in [1.165, 1.54) is 71.7 Å². The summed E-state index contributed by atoms with van der Waals surface area (Å²) in [6.07, 6.45) is 17.7. The number of rotatable bonds is 6. The van der Waals surface area contributed by atoms with E-state index in [1.54, 1.807) is 0 Å². The number of benzene rings is 5. The first kappa shape index (κ1) is 36.0. The standard InChI is InChI=1S/C56H48N2/c1-55(2)46(44(37-19-8-5-9-20-37)35-50-53(55)42-27-14-16-29-48(42)57-50)33-31-40-25-18-26-41(52(40)39-23-12-7-13-24-39)32-34-47-45(38-21-10-6-11-22-38)36-51-54(56(47,3)4)43-28-15-17-30-49(43)58-51/h5-17,19-24,27-36,44H,18,25-26H2,1-4H3. The molecule has 10 rings (SSSR count). The molecule has 0 spiro atoms. The number of nitrogens with zero attached hydrogens (tertiary/aromatic N) is 2. The van der Waals surface area contributed by atoms with Crippen LogP contribution in [-0.4, -0.2) is 0 Å². The number of hydrogen-bond acceptors (Lipinski definition) is 2. The van der Waals surface area contributed by atoms with Crippen molar-refractivity contribution in [3.63, 3.8) is 0 Å². The Morgan fingerprint density at radius 1 is 0.552 bits per heavy atom. The summed E-state index contributed by atoms with van der Waals surface area (Å²) in [5, 5.41) is 4.63. The topological polar surface area (TPSA) is 24.7 Å². The van der Waals surface area contributed by atoms with Gasteiger partial charge in [-0.2, -0.15) is 0 Å². The lowest BCUT2D eigenvalue weighted by Gasteiger charge is -2.39. The predicted molar refractivity (Wildman–Crippen MR) is 240 cm³/mol. The smallest absolute Gasteiger partial charge is 0.0713 e. The molecule has 5 aromatic carbocycles. The molecule has 0 aromatic heterocycles. The van der Waals surface area contributed by atoms with Crippen LogP contribution in [0.25, 0.3) is 22.3 Å². The van der Waals surface area contributed by atoms with Crippen molar-refractivity contribution in [2.45, 2.75) is 52.9 Å². The quantitative estimate of drug-likeness (QED) is 0.165. The van der Waals surface area contributed by atoms with Crippen LogP contribution in [-0.2, 0) is 0 Å². The van der Waals surface area contributed by atoms with E-state index in [4.69, 9.17) is 9.98 Å². The molecule has 0 saturated heterocycles. The van der Waals surface area contributed by atoms with Crippen LogP contribution in [0.1, 0.15) is 69.6 Å². The zero-order chi connectivity index (χ0) is 39.4. The molecule has 2 nitrogen and oxygen atoms in total. The Morgan fingerprint density at radius 3 is 1.79 bits per heavy atom. The molecule has 5 aliphatic rings. The lowest BCUT2D eigenvalue weighted by atomic mass is 9.65.